The first-order valence-electron chi connectivity index (χ1n) is 4.30. The third-order valence-corrected chi connectivity index (χ3v) is 2.66. The molecule has 0 amide bonds. The number of aliphatic hydroxyl groups is 1. The van der Waals surface area contributed by atoms with Crippen LogP contribution in [0.15, 0.2) is 4.99 Å². The zero-order chi connectivity index (χ0) is 10.4. The van der Waals surface area contributed by atoms with Crippen LogP contribution in [0.4, 0.5) is 0 Å². The van der Waals surface area contributed by atoms with Crippen molar-refractivity contribution in [2.24, 2.45) is 4.99 Å². The monoisotopic (exact) mass is 215 g/mol. The van der Waals surface area contributed by atoms with Crippen molar-refractivity contribution >= 4 is 16.9 Å². The molecule has 1 heterocycles. The number of aliphatic imine (C=N–C) groups is 1. The summed E-state index contributed by atoms with van der Waals surface area (Å²) >= 11 is 1.43. The van der Waals surface area contributed by atoms with Crippen LogP contribution in [0.2, 0.25) is 0 Å². The molecule has 0 saturated carbocycles. The van der Waals surface area contributed by atoms with Crippen LogP contribution in [-0.4, -0.2) is 53.8 Å². The topological polar surface area (TPSA) is 68.9 Å². The molecular weight excluding hydrogens is 202 g/mol. The Kier molecular flexibility index (Phi) is 4.73. The number of thioether (sulfide) groups is 1. The standard InChI is InChI=1S/C8H13N3O2S/c1-14-8(10-6-9)11-2-3-13-7(4-11)5-12/h7,12H,2-5H2,1H3. The quantitative estimate of drug-likeness (QED) is 0.375. The van der Waals surface area contributed by atoms with Crippen molar-refractivity contribution in [1.82, 2.24) is 4.90 Å². The lowest BCUT2D eigenvalue weighted by atomic mass is 10.3. The minimum atomic E-state index is -0.167. The van der Waals surface area contributed by atoms with E-state index in [2.05, 4.69) is 4.99 Å². The van der Waals surface area contributed by atoms with Crippen molar-refractivity contribution in [3.05, 3.63) is 0 Å². The van der Waals surface area contributed by atoms with E-state index in [1.54, 1.807) is 6.19 Å². The molecule has 1 aliphatic heterocycles. The van der Waals surface area contributed by atoms with Gasteiger partial charge in [0.1, 0.15) is 0 Å². The number of rotatable bonds is 1. The molecule has 1 saturated heterocycles. The zero-order valence-electron chi connectivity index (χ0n) is 8.01. The molecule has 1 rings (SSSR count). The summed E-state index contributed by atoms with van der Waals surface area (Å²) in [7, 11) is 0. The molecule has 0 aromatic carbocycles. The molecule has 0 aromatic rings. The summed E-state index contributed by atoms with van der Waals surface area (Å²) < 4.78 is 5.29. The Labute approximate surface area is 87.4 Å². The summed E-state index contributed by atoms with van der Waals surface area (Å²) in [5.41, 5.74) is 0. The average molecular weight is 215 g/mol. The predicted molar refractivity (Wildman–Crippen MR) is 55.0 cm³/mol. The number of nitriles is 1. The van der Waals surface area contributed by atoms with Gasteiger partial charge in [0.25, 0.3) is 0 Å². The fourth-order valence-corrected chi connectivity index (χ4v) is 1.85. The Bertz CT molecular complexity index is 251. The van der Waals surface area contributed by atoms with E-state index in [4.69, 9.17) is 15.1 Å². The van der Waals surface area contributed by atoms with Gasteiger partial charge in [-0.05, 0) is 6.26 Å². The van der Waals surface area contributed by atoms with Crippen LogP contribution in [0.25, 0.3) is 0 Å². The van der Waals surface area contributed by atoms with Gasteiger partial charge >= 0.3 is 0 Å². The minimum absolute atomic E-state index is 0.00468. The number of aliphatic hydroxyl groups excluding tert-OH is 1. The molecule has 14 heavy (non-hydrogen) atoms. The summed E-state index contributed by atoms with van der Waals surface area (Å²) in [6.07, 6.45) is 3.48. The highest BCUT2D eigenvalue weighted by molar-refractivity contribution is 8.13. The third kappa shape index (κ3) is 2.87. The van der Waals surface area contributed by atoms with E-state index < -0.39 is 0 Å². The lowest BCUT2D eigenvalue weighted by Crippen LogP contribution is -2.46. The maximum absolute atomic E-state index is 8.93. The molecule has 1 atom stereocenters. The Balaban J connectivity index is 2.58. The van der Waals surface area contributed by atoms with Crippen LogP contribution < -0.4 is 0 Å². The van der Waals surface area contributed by atoms with Crippen LogP contribution in [0.5, 0.6) is 0 Å². The number of ether oxygens (including phenoxy) is 1. The van der Waals surface area contributed by atoms with Crippen LogP contribution in [0.1, 0.15) is 0 Å². The molecule has 1 aliphatic rings. The lowest BCUT2D eigenvalue weighted by Gasteiger charge is -2.33. The molecule has 6 heteroatoms. The summed E-state index contributed by atoms with van der Waals surface area (Å²) in [5.74, 6) is 0. The Morgan fingerprint density at radius 1 is 1.86 bits per heavy atom. The second-order valence-electron chi connectivity index (χ2n) is 2.82. The number of amidine groups is 1. The average Bonchev–Trinajstić information content (AvgIpc) is 2.26. The molecule has 0 bridgehead atoms. The van der Waals surface area contributed by atoms with Gasteiger partial charge < -0.3 is 14.7 Å². The second-order valence-corrected chi connectivity index (χ2v) is 3.59. The van der Waals surface area contributed by atoms with Crippen molar-refractivity contribution in [2.45, 2.75) is 6.10 Å². The van der Waals surface area contributed by atoms with E-state index >= 15 is 0 Å². The van der Waals surface area contributed by atoms with Crippen LogP contribution in [0.3, 0.4) is 0 Å². The molecule has 0 aromatic heterocycles. The molecule has 0 spiro atoms. The summed E-state index contributed by atoms with van der Waals surface area (Å²) in [6, 6.07) is 0. The number of morpholine rings is 1. The van der Waals surface area contributed by atoms with Crippen molar-refractivity contribution in [3.8, 4) is 6.19 Å². The van der Waals surface area contributed by atoms with E-state index in [0.29, 0.717) is 18.3 Å². The van der Waals surface area contributed by atoms with E-state index in [-0.39, 0.29) is 12.7 Å². The molecule has 1 unspecified atom stereocenters. The van der Waals surface area contributed by atoms with Gasteiger partial charge in [0, 0.05) is 13.1 Å². The molecule has 78 valence electrons. The molecule has 0 radical (unpaired) electrons. The molecule has 1 N–H and O–H groups in total. The highest BCUT2D eigenvalue weighted by Gasteiger charge is 2.21. The zero-order valence-corrected chi connectivity index (χ0v) is 8.83. The van der Waals surface area contributed by atoms with Gasteiger partial charge in [-0.15, -0.1) is 4.99 Å². The Morgan fingerprint density at radius 2 is 2.64 bits per heavy atom. The second kappa shape index (κ2) is 5.86. The maximum atomic E-state index is 8.93. The lowest BCUT2D eigenvalue weighted by molar-refractivity contribution is -0.0332. The normalized spacial score (nSPS) is 23.4. The number of hydrogen-bond acceptors (Lipinski definition) is 5. The van der Waals surface area contributed by atoms with E-state index in [1.807, 2.05) is 11.2 Å². The SMILES string of the molecule is CSC(=NC#N)N1CCOC(CO)C1. The van der Waals surface area contributed by atoms with Crippen LogP contribution in [0, 0.1) is 11.5 Å². The van der Waals surface area contributed by atoms with Gasteiger partial charge in [-0.3, -0.25) is 0 Å². The fraction of sp³-hybridized carbons (Fsp3) is 0.750. The molecular formula is C8H13N3O2S. The van der Waals surface area contributed by atoms with Crippen molar-refractivity contribution in [3.63, 3.8) is 0 Å². The van der Waals surface area contributed by atoms with Gasteiger partial charge in [0.15, 0.2) is 5.17 Å². The predicted octanol–water partition coefficient (Wildman–Crippen LogP) is -0.120. The van der Waals surface area contributed by atoms with Gasteiger partial charge in [-0.1, -0.05) is 11.8 Å². The van der Waals surface area contributed by atoms with Crippen LogP contribution >= 0.6 is 11.8 Å². The Morgan fingerprint density at radius 3 is 3.21 bits per heavy atom. The Hall–Kier alpha value is -0.770. The van der Waals surface area contributed by atoms with E-state index in [0.717, 1.165) is 6.54 Å². The first kappa shape index (κ1) is 11.3. The third-order valence-electron chi connectivity index (χ3n) is 1.94. The first-order valence-corrected chi connectivity index (χ1v) is 5.52. The first-order chi connectivity index (χ1) is 6.81. The fourth-order valence-electron chi connectivity index (χ4n) is 1.29. The van der Waals surface area contributed by atoms with Crippen LogP contribution in [-0.2, 0) is 4.74 Å². The molecule has 0 aliphatic carbocycles. The summed E-state index contributed by atoms with van der Waals surface area (Å²) in [6.45, 7) is 1.89. The van der Waals surface area contributed by atoms with Crippen molar-refractivity contribution in [1.29, 1.82) is 5.26 Å². The largest absolute Gasteiger partial charge is 0.394 e. The highest BCUT2D eigenvalue weighted by Crippen LogP contribution is 2.11. The van der Waals surface area contributed by atoms with E-state index in [9.17, 15) is 0 Å². The van der Waals surface area contributed by atoms with Crippen molar-refractivity contribution < 1.29 is 9.84 Å². The highest BCUT2D eigenvalue weighted by atomic mass is 32.2. The van der Waals surface area contributed by atoms with Gasteiger partial charge in [0.2, 0.25) is 6.19 Å². The molecule has 1 fully saturated rings. The smallest absolute Gasteiger partial charge is 0.208 e. The summed E-state index contributed by atoms with van der Waals surface area (Å²) in [5, 5.41) is 18.1. The summed E-state index contributed by atoms with van der Waals surface area (Å²) in [4.78, 5) is 5.67. The molecule has 5 nitrogen and oxygen atoms in total. The van der Waals surface area contributed by atoms with E-state index in [1.165, 1.54) is 11.8 Å². The van der Waals surface area contributed by atoms with Crippen molar-refractivity contribution in [2.75, 3.05) is 32.6 Å². The van der Waals surface area contributed by atoms with Gasteiger partial charge in [0.05, 0.1) is 19.3 Å². The van der Waals surface area contributed by atoms with Gasteiger partial charge in [-0.25, -0.2) is 0 Å². The number of nitrogens with zero attached hydrogens (tertiary/aromatic N) is 3. The maximum Gasteiger partial charge on any atom is 0.208 e. The number of hydrogen-bond donors (Lipinski definition) is 1. The minimum Gasteiger partial charge on any atom is -0.394 e. The van der Waals surface area contributed by atoms with Gasteiger partial charge in [-0.2, -0.15) is 5.26 Å².